The van der Waals surface area contributed by atoms with Crippen LogP contribution in [0.3, 0.4) is 0 Å². The zero-order chi connectivity index (χ0) is 13.9. The van der Waals surface area contributed by atoms with Crippen LogP contribution in [0.25, 0.3) is 0 Å². The Hall–Kier alpha value is -0.620. The molecule has 1 saturated heterocycles. The third-order valence-corrected chi connectivity index (χ3v) is 5.37. The van der Waals surface area contributed by atoms with E-state index in [0.717, 1.165) is 17.7 Å². The van der Waals surface area contributed by atoms with Gasteiger partial charge in [-0.15, -0.1) is 23.7 Å². The Balaban J connectivity index is 0.00000161. The Morgan fingerprint density at radius 2 is 2.19 bits per heavy atom. The average Bonchev–Trinajstić information content (AvgIpc) is 2.77. The molecule has 0 spiro atoms. The number of hydrogen-bond acceptors (Lipinski definition) is 4. The lowest BCUT2D eigenvalue weighted by atomic mass is 10.1. The number of carbonyl (C=O) groups excluding carboxylic acids is 1. The lowest BCUT2D eigenvalue weighted by Crippen LogP contribution is -2.48. The monoisotopic (exact) mass is 330 g/mol. The molecule has 0 saturated carbocycles. The molecule has 1 unspecified atom stereocenters. The molecule has 1 aromatic heterocycles. The average molecular weight is 331 g/mol. The van der Waals surface area contributed by atoms with E-state index in [2.05, 4.69) is 6.07 Å². The summed E-state index contributed by atoms with van der Waals surface area (Å²) < 4.78 is 5.53. The predicted octanol–water partition coefficient (Wildman–Crippen LogP) is 2.24. The SMILES string of the molecule is Cl.NCC1CN(C(=O)c2cc3c(s2)CCCCC3)CCO1. The van der Waals surface area contributed by atoms with Gasteiger partial charge in [-0.25, -0.2) is 0 Å². The van der Waals surface area contributed by atoms with Gasteiger partial charge in [-0.3, -0.25) is 4.79 Å². The summed E-state index contributed by atoms with van der Waals surface area (Å²) in [6.45, 7) is 2.37. The van der Waals surface area contributed by atoms with Crippen molar-refractivity contribution in [2.45, 2.75) is 38.2 Å². The molecule has 1 atom stereocenters. The van der Waals surface area contributed by atoms with Crippen molar-refractivity contribution in [2.75, 3.05) is 26.2 Å². The maximum Gasteiger partial charge on any atom is 0.264 e. The molecule has 0 aromatic carbocycles. The number of nitrogens with two attached hydrogens (primary N) is 1. The van der Waals surface area contributed by atoms with E-state index in [-0.39, 0.29) is 24.4 Å². The van der Waals surface area contributed by atoms with Crippen molar-refractivity contribution in [2.24, 2.45) is 5.73 Å². The number of nitrogens with zero attached hydrogens (tertiary/aromatic N) is 1. The van der Waals surface area contributed by atoms with Crippen LogP contribution in [0, 0.1) is 0 Å². The summed E-state index contributed by atoms with van der Waals surface area (Å²) in [4.78, 5) is 16.8. The maximum absolute atomic E-state index is 12.6. The van der Waals surface area contributed by atoms with Gasteiger partial charge < -0.3 is 15.4 Å². The first-order valence-electron chi connectivity index (χ1n) is 7.50. The molecule has 118 valence electrons. The number of aryl methyl sites for hydroxylation is 2. The molecule has 1 aliphatic carbocycles. The van der Waals surface area contributed by atoms with Crippen LogP contribution in [0.4, 0.5) is 0 Å². The highest BCUT2D eigenvalue weighted by molar-refractivity contribution is 7.14. The molecule has 6 heteroatoms. The highest BCUT2D eigenvalue weighted by atomic mass is 35.5. The zero-order valence-electron chi connectivity index (χ0n) is 12.2. The van der Waals surface area contributed by atoms with Gasteiger partial charge in [0.1, 0.15) is 0 Å². The minimum absolute atomic E-state index is 0. The summed E-state index contributed by atoms with van der Waals surface area (Å²) in [7, 11) is 0. The van der Waals surface area contributed by atoms with E-state index in [4.69, 9.17) is 10.5 Å². The Labute approximate surface area is 136 Å². The smallest absolute Gasteiger partial charge is 0.264 e. The molecule has 2 N–H and O–H groups in total. The van der Waals surface area contributed by atoms with Gasteiger partial charge in [0, 0.05) is 24.5 Å². The second kappa shape index (κ2) is 7.58. The highest BCUT2D eigenvalue weighted by Gasteiger charge is 2.26. The molecule has 1 amide bonds. The third-order valence-electron chi connectivity index (χ3n) is 4.15. The van der Waals surface area contributed by atoms with Gasteiger partial charge in [-0.2, -0.15) is 0 Å². The maximum atomic E-state index is 12.6. The fraction of sp³-hybridized carbons (Fsp3) is 0.667. The normalized spacial score (nSPS) is 22.1. The van der Waals surface area contributed by atoms with Crippen LogP contribution in [0.5, 0.6) is 0 Å². The first-order chi connectivity index (χ1) is 9.78. The van der Waals surface area contributed by atoms with Gasteiger partial charge in [0.2, 0.25) is 0 Å². The molecule has 0 radical (unpaired) electrons. The minimum atomic E-state index is -0.00881. The first kappa shape index (κ1) is 16.7. The molecule has 2 aliphatic rings. The molecule has 1 aliphatic heterocycles. The fourth-order valence-corrected chi connectivity index (χ4v) is 4.20. The Bertz CT molecular complexity index is 469. The van der Waals surface area contributed by atoms with E-state index in [1.165, 1.54) is 29.7 Å². The highest BCUT2D eigenvalue weighted by Crippen LogP contribution is 2.30. The van der Waals surface area contributed by atoms with Crippen molar-refractivity contribution in [3.05, 3.63) is 21.4 Å². The van der Waals surface area contributed by atoms with Crippen LogP contribution < -0.4 is 5.73 Å². The van der Waals surface area contributed by atoms with E-state index < -0.39 is 0 Å². The van der Waals surface area contributed by atoms with Crippen molar-refractivity contribution in [1.82, 2.24) is 4.90 Å². The lowest BCUT2D eigenvalue weighted by molar-refractivity contribution is -0.0165. The Morgan fingerprint density at radius 3 is 3.00 bits per heavy atom. The lowest BCUT2D eigenvalue weighted by Gasteiger charge is -2.32. The number of thiophene rings is 1. The number of halogens is 1. The molecule has 2 heterocycles. The number of amides is 1. The molecule has 0 bridgehead atoms. The number of hydrogen-bond donors (Lipinski definition) is 1. The van der Waals surface area contributed by atoms with Crippen LogP contribution in [0.2, 0.25) is 0 Å². The van der Waals surface area contributed by atoms with Gasteiger partial charge >= 0.3 is 0 Å². The predicted molar refractivity (Wildman–Crippen MR) is 87.5 cm³/mol. The van der Waals surface area contributed by atoms with Gasteiger partial charge in [0.15, 0.2) is 0 Å². The second-order valence-corrected chi connectivity index (χ2v) is 6.74. The van der Waals surface area contributed by atoms with E-state index in [1.807, 2.05) is 4.90 Å². The Kier molecular flexibility index (Phi) is 6.05. The van der Waals surface area contributed by atoms with Crippen LogP contribution in [-0.4, -0.2) is 43.2 Å². The van der Waals surface area contributed by atoms with E-state index in [0.29, 0.717) is 26.2 Å². The number of ether oxygens (including phenoxy) is 1. The third kappa shape index (κ3) is 3.77. The molecular weight excluding hydrogens is 308 g/mol. The summed E-state index contributed by atoms with van der Waals surface area (Å²) in [6.07, 6.45) is 6.09. The van der Waals surface area contributed by atoms with Crippen LogP contribution in [0.1, 0.15) is 39.4 Å². The van der Waals surface area contributed by atoms with Crippen molar-refractivity contribution < 1.29 is 9.53 Å². The zero-order valence-corrected chi connectivity index (χ0v) is 13.8. The molecule has 21 heavy (non-hydrogen) atoms. The molecule has 1 aromatic rings. The van der Waals surface area contributed by atoms with E-state index >= 15 is 0 Å². The Morgan fingerprint density at radius 1 is 1.38 bits per heavy atom. The van der Waals surface area contributed by atoms with Gasteiger partial charge in [-0.05, 0) is 37.3 Å². The number of fused-ring (bicyclic) bond motifs is 1. The van der Waals surface area contributed by atoms with Crippen LogP contribution in [-0.2, 0) is 17.6 Å². The molecule has 4 nitrogen and oxygen atoms in total. The van der Waals surface area contributed by atoms with Crippen LogP contribution in [0.15, 0.2) is 6.07 Å². The fourth-order valence-electron chi connectivity index (χ4n) is 2.98. The van der Waals surface area contributed by atoms with Crippen LogP contribution >= 0.6 is 23.7 Å². The largest absolute Gasteiger partial charge is 0.373 e. The van der Waals surface area contributed by atoms with E-state index in [1.54, 1.807) is 11.3 Å². The molecular formula is C15H23ClN2O2S. The van der Waals surface area contributed by atoms with Crippen molar-refractivity contribution >= 4 is 29.7 Å². The summed E-state index contributed by atoms with van der Waals surface area (Å²) in [5.41, 5.74) is 7.04. The van der Waals surface area contributed by atoms with Gasteiger partial charge in [0.25, 0.3) is 5.91 Å². The minimum Gasteiger partial charge on any atom is -0.373 e. The van der Waals surface area contributed by atoms with Crippen molar-refractivity contribution in [3.63, 3.8) is 0 Å². The van der Waals surface area contributed by atoms with Crippen molar-refractivity contribution in [3.8, 4) is 0 Å². The van der Waals surface area contributed by atoms with Gasteiger partial charge in [0.05, 0.1) is 17.6 Å². The quantitative estimate of drug-likeness (QED) is 0.846. The summed E-state index contributed by atoms with van der Waals surface area (Å²) in [5, 5.41) is 0. The molecule has 1 fully saturated rings. The topological polar surface area (TPSA) is 55.6 Å². The summed E-state index contributed by atoms with van der Waals surface area (Å²) >= 11 is 1.70. The van der Waals surface area contributed by atoms with E-state index in [9.17, 15) is 4.79 Å². The molecule has 3 rings (SSSR count). The van der Waals surface area contributed by atoms with Gasteiger partial charge in [-0.1, -0.05) is 6.42 Å². The summed E-state index contributed by atoms with van der Waals surface area (Å²) in [5.74, 6) is 0.157. The van der Waals surface area contributed by atoms with Crippen molar-refractivity contribution in [1.29, 1.82) is 0 Å². The summed E-state index contributed by atoms with van der Waals surface area (Å²) in [6, 6.07) is 2.13. The number of carbonyl (C=O) groups is 1. The number of morpholine rings is 1. The standard InChI is InChI=1S/C15H22N2O2S.ClH/c16-9-12-10-17(6-7-19-12)15(18)14-8-11-4-2-1-3-5-13(11)20-14;/h8,12H,1-7,9-10,16H2;1H. The number of rotatable bonds is 2. The second-order valence-electron chi connectivity index (χ2n) is 5.60. The first-order valence-corrected chi connectivity index (χ1v) is 8.32.